The molecule has 0 saturated heterocycles. The molecule has 2 heterocycles. The molecule has 1 atom stereocenters. The SMILES string of the molecule is CC.CC.O=C1CC(c2ccc(Cl)s2)/C=C/COCOC/C=C/N1. The fraction of sp³-hybridized carbons (Fsp3) is 0.500. The van der Waals surface area contributed by atoms with E-state index >= 15 is 0 Å². The van der Waals surface area contributed by atoms with Gasteiger partial charge < -0.3 is 14.8 Å². The summed E-state index contributed by atoms with van der Waals surface area (Å²) in [6.45, 7) is 9.10. The Hall–Kier alpha value is -1.14. The number of thiophene rings is 1. The van der Waals surface area contributed by atoms with E-state index in [4.69, 9.17) is 21.1 Å². The van der Waals surface area contributed by atoms with Crippen LogP contribution in [0, 0.1) is 0 Å². The molecule has 1 aliphatic heterocycles. The Labute approximate surface area is 154 Å². The van der Waals surface area contributed by atoms with Crippen LogP contribution in [-0.4, -0.2) is 25.9 Å². The normalized spacial score (nSPS) is 21.2. The van der Waals surface area contributed by atoms with E-state index in [-0.39, 0.29) is 18.6 Å². The van der Waals surface area contributed by atoms with Crippen molar-refractivity contribution in [2.45, 2.75) is 40.0 Å². The Morgan fingerprint density at radius 1 is 1.12 bits per heavy atom. The predicted octanol–water partition coefficient (Wildman–Crippen LogP) is 5.12. The quantitative estimate of drug-likeness (QED) is 0.695. The van der Waals surface area contributed by atoms with Crippen molar-refractivity contribution < 1.29 is 14.3 Å². The molecule has 1 aliphatic rings. The summed E-state index contributed by atoms with van der Waals surface area (Å²) < 4.78 is 11.2. The van der Waals surface area contributed by atoms with E-state index < -0.39 is 0 Å². The van der Waals surface area contributed by atoms with E-state index in [1.165, 1.54) is 11.3 Å². The molecule has 1 aromatic rings. The van der Waals surface area contributed by atoms with E-state index in [0.29, 0.717) is 19.6 Å². The van der Waals surface area contributed by atoms with Gasteiger partial charge in [0.05, 0.1) is 17.6 Å². The molecule has 0 fully saturated rings. The summed E-state index contributed by atoms with van der Waals surface area (Å²) in [6.07, 6.45) is 7.59. The van der Waals surface area contributed by atoms with Gasteiger partial charge in [0.1, 0.15) is 6.79 Å². The highest BCUT2D eigenvalue weighted by Gasteiger charge is 2.15. The zero-order valence-electron chi connectivity index (χ0n) is 14.9. The molecule has 6 heteroatoms. The molecule has 1 N–H and O–H groups in total. The van der Waals surface area contributed by atoms with Crippen LogP contribution in [0.1, 0.15) is 44.9 Å². The molecule has 0 saturated carbocycles. The first-order valence-corrected chi connectivity index (χ1v) is 9.47. The summed E-state index contributed by atoms with van der Waals surface area (Å²) in [5, 5.41) is 2.72. The molecule has 1 unspecified atom stereocenters. The van der Waals surface area contributed by atoms with E-state index in [9.17, 15) is 4.79 Å². The van der Waals surface area contributed by atoms with Crippen LogP contribution >= 0.6 is 22.9 Å². The molecule has 2 rings (SSSR count). The molecule has 0 bridgehead atoms. The van der Waals surface area contributed by atoms with Gasteiger partial charge in [0, 0.05) is 23.4 Å². The third-order valence-corrected chi connectivity index (χ3v) is 4.05. The summed E-state index contributed by atoms with van der Waals surface area (Å²) in [4.78, 5) is 12.9. The number of nitrogens with one attached hydrogen (secondary N) is 1. The highest BCUT2D eigenvalue weighted by molar-refractivity contribution is 7.16. The first-order valence-electron chi connectivity index (χ1n) is 8.27. The monoisotopic (exact) mass is 373 g/mol. The van der Waals surface area contributed by atoms with Crippen molar-refractivity contribution in [3.63, 3.8) is 0 Å². The van der Waals surface area contributed by atoms with Crippen molar-refractivity contribution in [1.82, 2.24) is 5.32 Å². The lowest BCUT2D eigenvalue weighted by Crippen LogP contribution is -2.19. The van der Waals surface area contributed by atoms with Crippen molar-refractivity contribution in [1.29, 1.82) is 0 Å². The van der Waals surface area contributed by atoms with Gasteiger partial charge in [0.15, 0.2) is 0 Å². The topological polar surface area (TPSA) is 47.6 Å². The highest BCUT2D eigenvalue weighted by atomic mass is 35.5. The second-order valence-corrected chi connectivity index (χ2v) is 5.96. The molecule has 1 amide bonds. The first kappa shape index (κ1) is 22.9. The van der Waals surface area contributed by atoms with Crippen LogP contribution in [0.2, 0.25) is 4.34 Å². The molecule has 136 valence electrons. The fourth-order valence-corrected chi connectivity index (χ4v) is 2.90. The van der Waals surface area contributed by atoms with Gasteiger partial charge in [-0.05, 0) is 18.2 Å². The number of carbonyl (C=O) groups excluding carboxylic acids is 1. The Kier molecular flexibility index (Phi) is 14.7. The molecule has 24 heavy (non-hydrogen) atoms. The maximum Gasteiger partial charge on any atom is 0.224 e. The highest BCUT2D eigenvalue weighted by Crippen LogP contribution is 2.31. The summed E-state index contributed by atoms with van der Waals surface area (Å²) in [5.74, 6) is -0.0354. The lowest BCUT2D eigenvalue weighted by atomic mass is 10.0. The molecular weight excluding hydrogens is 346 g/mol. The first-order chi connectivity index (χ1) is 11.8. The van der Waals surface area contributed by atoms with Gasteiger partial charge in [-0.15, -0.1) is 11.3 Å². The number of hydrogen-bond donors (Lipinski definition) is 1. The minimum atomic E-state index is -0.0411. The van der Waals surface area contributed by atoms with Crippen molar-refractivity contribution in [3.8, 4) is 0 Å². The maximum absolute atomic E-state index is 11.9. The van der Waals surface area contributed by atoms with Crippen molar-refractivity contribution in [2.75, 3.05) is 20.0 Å². The van der Waals surface area contributed by atoms with Crippen LogP contribution in [0.15, 0.2) is 36.6 Å². The largest absolute Gasteiger partial charge is 0.351 e. The van der Waals surface area contributed by atoms with E-state index in [2.05, 4.69) is 5.32 Å². The number of hydrogen-bond acceptors (Lipinski definition) is 4. The second-order valence-electron chi connectivity index (χ2n) is 4.21. The Morgan fingerprint density at radius 2 is 1.79 bits per heavy atom. The standard InChI is InChI=1S/C14H16ClNO3S.2C2H6/c15-13-5-4-12(20-13)11-3-1-7-18-10-19-8-2-6-16-14(17)9-11;2*1-2/h1-6,11H,7-10H2,(H,16,17);2*1-2H3/b3-1+,6-2+;;. The van der Waals surface area contributed by atoms with Crippen LogP contribution in [0.4, 0.5) is 0 Å². The lowest BCUT2D eigenvalue weighted by molar-refractivity contribution is -0.120. The zero-order valence-corrected chi connectivity index (χ0v) is 16.5. The third-order valence-electron chi connectivity index (χ3n) is 2.69. The van der Waals surface area contributed by atoms with Gasteiger partial charge in [-0.1, -0.05) is 51.4 Å². The summed E-state index contributed by atoms with van der Waals surface area (Å²) in [7, 11) is 0. The predicted molar refractivity (Wildman–Crippen MR) is 103 cm³/mol. The fourth-order valence-electron chi connectivity index (χ4n) is 1.76. The summed E-state index contributed by atoms with van der Waals surface area (Å²) >= 11 is 7.45. The van der Waals surface area contributed by atoms with E-state index in [1.807, 2.05) is 52.0 Å². The van der Waals surface area contributed by atoms with Crippen molar-refractivity contribution >= 4 is 28.8 Å². The van der Waals surface area contributed by atoms with Crippen LogP contribution in [-0.2, 0) is 14.3 Å². The van der Waals surface area contributed by atoms with Gasteiger partial charge in [-0.25, -0.2) is 0 Å². The number of amides is 1. The van der Waals surface area contributed by atoms with Crippen LogP contribution in [0.3, 0.4) is 0 Å². The van der Waals surface area contributed by atoms with Gasteiger partial charge in [0.25, 0.3) is 0 Å². The van der Waals surface area contributed by atoms with Crippen LogP contribution in [0.25, 0.3) is 0 Å². The van der Waals surface area contributed by atoms with Gasteiger partial charge >= 0.3 is 0 Å². The molecule has 0 radical (unpaired) electrons. The van der Waals surface area contributed by atoms with Crippen LogP contribution < -0.4 is 5.32 Å². The Morgan fingerprint density at radius 3 is 2.42 bits per heavy atom. The average molecular weight is 374 g/mol. The maximum atomic E-state index is 11.9. The summed E-state index contributed by atoms with van der Waals surface area (Å²) in [5.41, 5.74) is 0. The molecule has 4 nitrogen and oxygen atoms in total. The Balaban J connectivity index is 0.00000123. The van der Waals surface area contributed by atoms with Crippen molar-refractivity contribution in [3.05, 3.63) is 45.8 Å². The number of halogens is 1. The minimum absolute atomic E-state index is 0.00571. The molecule has 1 aromatic heterocycles. The number of allylic oxidation sites excluding steroid dienone is 1. The van der Waals surface area contributed by atoms with Crippen molar-refractivity contribution in [2.24, 2.45) is 0 Å². The molecule has 0 spiro atoms. The third kappa shape index (κ3) is 9.88. The number of rotatable bonds is 1. The smallest absolute Gasteiger partial charge is 0.224 e. The summed E-state index contributed by atoms with van der Waals surface area (Å²) in [6, 6.07) is 3.80. The van der Waals surface area contributed by atoms with E-state index in [1.54, 1.807) is 12.3 Å². The molecule has 0 aliphatic carbocycles. The average Bonchev–Trinajstić information content (AvgIpc) is 3.05. The van der Waals surface area contributed by atoms with E-state index in [0.717, 1.165) is 9.21 Å². The van der Waals surface area contributed by atoms with Gasteiger partial charge in [-0.2, -0.15) is 0 Å². The Bertz CT molecular complexity index is 500. The van der Waals surface area contributed by atoms with Gasteiger partial charge in [0.2, 0.25) is 5.91 Å². The zero-order chi connectivity index (χ0) is 18.2. The van der Waals surface area contributed by atoms with Crippen LogP contribution in [0.5, 0.6) is 0 Å². The molecular formula is C18H28ClNO3S. The second kappa shape index (κ2) is 15.4. The lowest BCUT2D eigenvalue weighted by Gasteiger charge is -2.09. The number of carbonyl (C=O) groups is 1. The minimum Gasteiger partial charge on any atom is -0.351 e. The van der Waals surface area contributed by atoms with Gasteiger partial charge in [-0.3, -0.25) is 4.79 Å². The number of ether oxygens (including phenoxy) is 2. The molecule has 0 aromatic carbocycles.